The lowest BCUT2D eigenvalue weighted by atomic mass is 9.91. The number of rotatable bonds is 5. The third-order valence-electron chi connectivity index (χ3n) is 4.42. The molecule has 0 radical (unpaired) electrons. The first-order valence-corrected chi connectivity index (χ1v) is 8.81. The molecule has 9 nitrogen and oxygen atoms in total. The Morgan fingerprint density at radius 1 is 1.36 bits per heavy atom. The molecule has 1 atom stereocenters. The summed E-state index contributed by atoms with van der Waals surface area (Å²) in [5, 5.41) is 2.78. The predicted octanol–water partition coefficient (Wildman–Crippen LogP) is 1.52. The molecular weight excluding hydrogens is 360 g/mol. The molecule has 3 heterocycles. The van der Waals surface area contributed by atoms with E-state index < -0.39 is 5.54 Å². The van der Waals surface area contributed by atoms with Gasteiger partial charge in [0.15, 0.2) is 5.96 Å². The number of pyridine rings is 2. The molecule has 0 bridgehead atoms. The summed E-state index contributed by atoms with van der Waals surface area (Å²) in [6.07, 6.45) is 3.18. The molecule has 0 spiro atoms. The molecular formula is C19H22N6O3. The van der Waals surface area contributed by atoms with Crippen LogP contribution in [0.25, 0.3) is 0 Å². The van der Waals surface area contributed by atoms with E-state index in [4.69, 9.17) is 10.5 Å². The van der Waals surface area contributed by atoms with Gasteiger partial charge in [0.1, 0.15) is 17.0 Å². The van der Waals surface area contributed by atoms with Crippen LogP contribution in [0.15, 0.2) is 41.7 Å². The first-order chi connectivity index (χ1) is 13.3. The second-order valence-corrected chi connectivity index (χ2v) is 6.57. The number of nitrogens with two attached hydrogens (primary N) is 1. The van der Waals surface area contributed by atoms with Crippen LogP contribution in [-0.2, 0) is 10.3 Å². The molecule has 3 rings (SSSR count). The van der Waals surface area contributed by atoms with Gasteiger partial charge in [-0.25, -0.2) is 9.98 Å². The molecule has 0 fully saturated rings. The molecule has 0 saturated carbocycles. The van der Waals surface area contributed by atoms with Gasteiger partial charge in [0.25, 0.3) is 5.91 Å². The molecule has 0 saturated heterocycles. The van der Waals surface area contributed by atoms with Gasteiger partial charge in [0, 0.05) is 18.9 Å². The third kappa shape index (κ3) is 3.93. The Morgan fingerprint density at radius 2 is 2.14 bits per heavy atom. The number of nitrogens with zero attached hydrogens (tertiary/aromatic N) is 4. The van der Waals surface area contributed by atoms with Crippen LogP contribution in [0.1, 0.15) is 36.5 Å². The van der Waals surface area contributed by atoms with E-state index in [-0.39, 0.29) is 29.9 Å². The summed E-state index contributed by atoms with van der Waals surface area (Å²) in [5.74, 6) is 0.215. The maximum atomic E-state index is 12.5. The van der Waals surface area contributed by atoms with Crippen molar-refractivity contribution in [2.45, 2.75) is 25.8 Å². The average molecular weight is 382 g/mol. The molecule has 1 aliphatic rings. The number of aromatic nitrogens is 2. The fourth-order valence-electron chi connectivity index (χ4n) is 2.82. The van der Waals surface area contributed by atoms with Crippen molar-refractivity contribution in [3.05, 3.63) is 48.0 Å². The van der Waals surface area contributed by atoms with Crippen molar-refractivity contribution in [1.82, 2.24) is 14.9 Å². The first-order valence-electron chi connectivity index (χ1n) is 8.81. The molecule has 2 amide bonds. The van der Waals surface area contributed by atoms with Crippen molar-refractivity contribution in [3.63, 3.8) is 0 Å². The monoisotopic (exact) mass is 382 g/mol. The van der Waals surface area contributed by atoms with Crippen molar-refractivity contribution in [2.75, 3.05) is 19.0 Å². The largest absolute Gasteiger partial charge is 0.492 e. The minimum absolute atomic E-state index is 0.133. The van der Waals surface area contributed by atoms with E-state index in [1.54, 1.807) is 44.4 Å². The van der Waals surface area contributed by atoms with Gasteiger partial charge in [0.05, 0.1) is 24.9 Å². The van der Waals surface area contributed by atoms with Gasteiger partial charge in [-0.2, -0.15) is 0 Å². The molecule has 28 heavy (non-hydrogen) atoms. The van der Waals surface area contributed by atoms with Gasteiger partial charge in [-0.05, 0) is 38.1 Å². The van der Waals surface area contributed by atoms with E-state index >= 15 is 0 Å². The Bertz CT molecular complexity index is 928. The second-order valence-electron chi connectivity index (χ2n) is 6.57. The zero-order valence-corrected chi connectivity index (χ0v) is 16.0. The average Bonchev–Trinajstić information content (AvgIpc) is 2.67. The number of ether oxygens (including phenoxy) is 1. The minimum atomic E-state index is -0.897. The number of hydrogen-bond acceptors (Lipinski definition) is 7. The topological polar surface area (TPSA) is 123 Å². The summed E-state index contributed by atoms with van der Waals surface area (Å²) >= 11 is 0. The maximum absolute atomic E-state index is 12.5. The van der Waals surface area contributed by atoms with Crippen LogP contribution in [0.3, 0.4) is 0 Å². The van der Waals surface area contributed by atoms with Crippen LogP contribution in [-0.4, -0.2) is 46.3 Å². The van der Waals surface area contributed by atoms with Gasteiger partial charge in [-0.15, -0.1) is 0 Å². The first kappa shape index (κ1) is 19.3. The van der Waals surface area contributed by atoms with Crippen LogP contribution >= 0.6 is 0 Å². The van der Waals surface area contributed by atoms with Crippen molar-refractivity contribution in [2.24, 2.45) is 10.7 Å². The van der Waals surface area contributed by atoms with E-state index in [9.17, 15) is 9.59 Å². The van der Waals surface area contributed by atoms with Crippen molar-refractivity contribution >= 4 is 23.5 Å². The predicted molar refractivity (Wildman–Crippen MR) is 104 cm³/mol. The number of hydrogen-bond donors (Lipinski definition) is 2. The lowest BCUT2D eigenvalue weighted by Gasteiger charge is -2.32. The second kappa shape index (κ2) is 7.63. The number of anilines is 1. The number of aliphatic imine (C=N–C) groups is 1. The Kier molecular flexibility index (Phi) is 5.25. The van der Waals surface area contributed by atoms with Crippen molar-refractivity contribution in [1.29, 1.82) is 0 Å². The van der Waals surface area contributed by atoms with Gasteiger partial charge < -0.3 is 15.8 Å². The summed E-state index contributed by atoms with van der Waals surface area (Å²) in [6.45, 7) is 4.18. The van der Waals surface area contributed by atoms with Crippen LogP contribution in [0.4, 0.5) is 5.69 Å². The molecule has 9 heteroatoms. The van der Waals surface area contributed by atoms with Crippen LogP contribution < -0.4 is 15.8 Å². The summed E-state index contributed by atoms with van der Waals surface area (Å²) in [7, 11) is 1.58. The highest BCUT2D eigenvalue weighted by Gasteiger charge is 2.37. The Balaban J connectivity index is 1.80. The highest BCUT2D eigenvalue weighted by Crippen LogP contribution is 2.32. The van der Waals surface area contributed by atoms with Crippen molar-refractivity contribution < 1.29 is 14.3 Å². The number of guanidine groups is 1. The Hall–Kier alpha value is -3.49. The van der Waals surface area contributed by atoms with Crippen LogP contribution in [0.5, 0.6) is 5.75 Å². The third-order valence-corrected chi connectivity index (χ3v) is 4.42. The number of nitrogens with one attached hydrogen (secondary N) is 1. The van der Waals surface area contributed by atoms with E-state index in [2.05, 4.69) is 20.3 Å². The highest BCUT2D eigenvalue weighted by atomic mass is 16.5. The number of amides is 2. The molecule has 3 N–H and O–H groups in total. The molecule has 146 valence electrons. The molecule has 2 aromatic heterocycles. The van der Waals surface area contributed by atoms with Crippen LogP contribution in [0, 0.1) is 0 Å². The lowest BCUT2D eigenvalue weighted by molar-refractivity contribution is -0.128. The summed E-state index contributed by atoms with van der Waals surface area (Å²) in [6, 6.07) is 6.61. The molecule has 0 aromatic carbocycles. The molecule has 2 aromatic rings. The lowest BCUT2D eigenvalue weighted by Crippen LogP contribution is -2.47. The van der Waals surface area contributed by atoms with Crippen molar-refractivity contribution in [3.8, 4) is 5.75 Å². The Labute approximate surface area is 162 Å². The normalized spacial score (nSPS) is 19.2. The smallest absolute Gasteiger partial charge is 0.274 e. The number of carbonyl (C=O) groups excluding carboxylic acids is 2. The Morgan fingerprint density at radius 3 is 2.79 bits per heavy atom. The zero-order chi connectivity index (χ0) is 20.3. The molecule has 0 aliphatic carbocycles. The van der Waals surface area contributed by atoms with Gasteiger partial charge in [-0.3, -0.25) is 19.5 Å². The SMILES string of the molecule is CCOc1ccc(C(=O)Nc2ccnc(C3(C)CC(=O)N(C)C(N)=N3)c2)nc1. The van der Waals surface area contributed by atoms with Gasteiger partial charge >= 0.3 is 0 Å². The van der Waals surface area contributed by atoms with E-state index in [1.165, 1.54) is 11.1 Å². The minimum Gasteiger partial charge on any atom is -0.492 e. The fraction of sp³-hybridized carbons (Fsp3) is 0.316. The fourth-order valence-corrected chi connectivity index (χ4v) is 2.82. The van der Waals surface area contributed by atoms with Gasteiger partial charge in [-0.1, -0.05) is 0 Å². The maximum Gasteiger partial charge on any atom is 0.274 e. The van der Waals surface area contributed by atoms with Crippen LogP contribution in [0.2, 0.25) is 0 Å². The standard InChI is InChI=1S/C19H22N6O3/c1-4-28-13-5-6-14(22-11-13)17(27)23-12-7-8-21-15(9-12)19(2)10-16(26)25(3)18(20)24-19/h5-9,11H,4,10H2,1-3H3,(H2,20,24)(H,21,23,27). The highest BCUT2D eigenvalue weighted by molar-refractivity contribution is 6.03. The molecule has 1 aliphatic heterocycles. The summed E-state index contributed by atoms with van der Waals surface area (Å²) < 4.78 is 5.32. The molecule has 1 unspecified atom stereocenters. The summed E-state index contributed by atoms with van der Waals surface area (Å²) in [4.78, 5) is 38.8. The zero-order valence-electron chi connectivity index (χ0n) is 16.0. The van der Waals surface area contributed by atoms with E-state index in [0.29, 0.717) is 23.7 Å². The number of carbonyl (C=O) groups is 2. The van der Waals surface area contributed by atoms with Gasteiger partial charge in [0.2, 0.25) is 5.91 Å². The quantitative estimate of drug-likeness (QED) is 0.808. The summed E-state index contributed by atoms with van der Waals surface area (Å²) in [5.41, 5.74) is 6.26. The van der Waals surface area contributed by atoms with E-state index in [1.807, 2.05) is 6.92 Å². The van der Waals surface area contributed by atoms with E-state index in [0.717, 1.165) is 0 Å².